The number of aldehydes is 1. The van der Waals surface area contributed by atoms with Crippen molar-refractivity contribution in [2.45, 2.75) is 26.2 Å². The number of allylic oxidation sites excluding steroid dienone is 1. The number of fused-ring (bicyclic) bond motifs is 3. The van der Waals surface area contributed by atoms with E-state index < -0.39 is 0 Å². The molecule has 0 saturated heterocycles. The smallest absolute Gasteiger partial charge is 0.151 e. The summed E-state index contributed by atoms with van der Waals surface area (Å²) >= 11 is 0. The van der Waals surface area contributed by atoms with Crippen molar-refractivity contribution < 1.29 is 19.7 Å². The molecule has 0 saturated carbocycles. The maximum absolute atomic E-state index is 9.97. The lowest BCUT2D eigenvalue weighted by atomic mass is 10.0. The highest BCUT2D eigenvalue weighted by molar-refractivity contribution is 6.01. The van der Waals surface area contributed by atoms with Crippen LogP contribution in [0.5, 0.6) is 5.75 Å². The maximum atomic E-state index is 9.97. The highest BCUT2D eigenvalue weighted by atomic mass is 16.5. The van der Waals surface area contributed by atoms with Gasteiger partial charge in [0.1, 0.15) is 5.75 Å². The normalized spacial score (nSPS) is 10.7. The zero-order valence-corrected chi connectivity index (χ0v) is 32.5. The Balaban J connectivity index is 0.000000154. The second-order valence-corrected chi connectivity index (χ2v) is 13.3. The SMILES string of the molecule is CN(C)Cc1c[nH]c2cc(CO)ccc12.COc1ccc2c(/C(C#N)=C/c3cccnc3)c[nH]c2c1.N#CCc1c[nH]c2cc(CO)ccc12.O=Cc1cccnc1. The number of H-pyrrole nitrogens is 3. The number of nitriles is 2. The van der Waals surface area contributed by atoms with Gasteiger partial charge in [0.2, 0.25) is 0 Å². The maximum Gasteiger partial charge on any atom is 0.151 e. The van der Waals surface area contributed by atoms with Gasteiger partial charge in [-0.15, -0.1) is 0 Å². The van der Waals surface area contributed by atoms with Crippen LogP contribution in [-0.2, 0) is 26.2 Å². The van der Waals surface area contributed by atoms with Crippen LogP contribution in [0.4, 0.5) is 0 Å². The number of aliphatic hydroxyl groups is 2. The van der Waals surface area contributed by atoms with E-state index in [1.807, 2.05) is 85.3 Å². The van der Waals surface area contributed by atoms with Gasteiger partial charge >= 0.3 is 0 Å². The Hall–Kier alpha value is -7.35. The van der Waals surface area contributed by atoms with E-state index in [1.165, 1.54) is 17.1 Å². The number of ether oxygens (including phenoxy) is 1. The summed E-state index contributed by atoms with van der Waals surface area (Å²) in [5.41, 5.74) is 10.1. The van der Waals surface area contributed by atoms with Crippen LogP contribution in [-0.4, -0.2) is 67.5 Å². The van der Waals surface area contributed by atoms with Crippen LogP contribution < -0.4 is 4.74 Å². The molecule has 12 nitrogen and oxygen atoms in total. The van der Waals surface area contributed by atoms with Crippen LogP contribution in [0.1, 0.15) is 43.7 Å². The van der Waals surface area contributed by atoms with Crippen LogP contribution in [0, 0.1) is 22.7 Å². The van der Waals surface area contributed by atoms with Gasteiger partial charge in [0.25, 0.3) is 0 Å². The van der Waals surface area contributed by atoms with Crippen LogP contribution in [0.25, 0.3) is 44.4 Å². The fourth-order valence-electron chi connectivity index (χ4n) is 6.07. The van der Waals surface area contributed by atoms with Crippen molar-refractivity contribution in [1.29, 1.82) is 10.5 Å². The molecular formula is C46H44N8O4. The first-order valence-electron chi connectivity index (χ1n) is 18.2. The Labute approximate surface area is 336 Å². The van der Waals surface area contributed by atoms with Gasteiger partial charge in [0.15, 0.2) is 6.29 Å². The van der Waals surface area contributed by atoms with E-state index in [1.54, 1.807) is 37.8 Å². The molecule has 0 aliphatic heterocycles. The average molecular weight is 773 g/mol. The number of nitrogens with one attached hydrogen (secondary N) is 3. The first-order chi connectivity index (χ1) is 28.3. The molecule has 3 aromatic carbocycles. The second kappa shape index (κ2) is 21.1. The zero-order chi connectivity index (χ0) is 41.3. The van der Waals surface area contributed by atoms with Crippen molar-refractivity contribution >= 4 is 50.6 Å². The number of carbonyl (C=O) groups is 1. The molecule has 0 spiro atoms. The van der Waals surface area contributed by atoms with Gasteiger partial charge in [-0.2, -0.15) is 10.5 Å². The molecule has 8 rings (SSSR count). The molecule has 0 unspecified atom stereocenters. The van der Waals surface area contributed by atoms with Crippen molar-refractivity contribution in [3.63, 3.8) is 0 Å². The molecule has 5 N–H and O–H groups in total. The third kappa shape index (κ3) is 11.1. The van der Waals surface area contributed by atoms with Gasteiger partial charge in [-0.1, -0.05) is 30.3 Å². The minimum atomic E-state index is 0.0442. The predicted molar refractivity (Wildman–Crippen MR) is 227 cm³/mol. The van der Waals surface area contributed by atoms with Gasteiger partial charge < -0.3 is 34.8 Å². The summed E-state index contributed by atoms with van der Waals surface area (Å²) in [6.07, 6.45) is 15.3. The second-order valence-electron chi connectivity index (χ2n) is 13.3. The van der Waals surface area contributed by atoms with E-state index in [-0.39, 0.29) is 13.2 Å². The highest BCUT2D eigenvalue weighted by Gasteiger charge is 2.10. The number of methoxy groups -OCH3 is 1. The number of benzene rings is 3. The van der Waals surface area contributed by atoms with Crippen LogP contribution in [0.3, 0.4) is 0 Å². The lowest BCUT2D eigenvalue weighted by Gasteiger charge is -2.07. The van der Waals surface area contributed by atoms with Gasteiger partial charge in [-0.25, -0.2) is 0 Å². The van der Waals surface area contributed by atoms with E-state index in [0.29, 0.717) is 17.6 Å². The molecule has 0 fully saturated rings. The molecule has 0 amide bonds. The van der Waals surface area contributed by atoms with Crippen LogP contribution in [0.15, 0.2) is 122 Å². The molecule has 0 radical (unpaired) electrons. The Kier molecular flexibility index (Phi) is 15.2. The first kappa shape index (κ1) is 41.8. The Morgan fingerprint density at radius 3 is 1.84 bits per heavy atom. The molecule has 0 aliphatic rings. The number of hydrogen-bond acceptors (Lipinski definition) is 9. The van der Waals surface area contributed by atoms with Crippen LogP contribution >= 0.6 is 0 Å². The number of carbonyl (C=O) groups excluding carboxylic acids is 1. The topological polar surface area (TPSA) is 191 Å². The number of nitrogens with zero attached hydrogens (tertiary/aromatic N) is 5. The van der Waals surface area contributed by atoms with Gasteiger partial charge in [-0.3, -0.25) is 14.8 Å². The average Bonchev–Trinajstić information content (AvgIpc) is 4.00. The van der Waals surface area contributed by atoms with Crippen molar-refractivity contribution in [2.24, 2.45) is 0 Å². The van der Waals surface area contributed by atoms with E-state index >= 15 is 0 Å². The van der Waals surface area contributed by atoms with Gasteiger partial charge in [-0.05, 0) is 90.5 Å². The summed E-state index contributed by atoms with van der Waals surface area (Å²) in [5, 5.41) is 39.3. The van der Waals surface area contributed by atoms with Crippen molar-refractivity contribution in [3.8, 4) is 17.9 Å². The summed E-state index contributed by atoms with van der Waals surface area (Å²) in [7, 11) is 5.75. The van der Waals surface area contributed by atoms with E-state index in [9.17, 15) is 10.1 Å². The lowest BCUT2D eigenvalue weighted by Crippen LogP contribution is -2.10. The van der Waals surface area contributed by atoms with E-state index in [2.05, 4.69) is 62.1 Å². The number of aromatic amines is 3. The molecule has 8 aromatic rings. The quantitative estimate of drug-likeness (QED) is 0.0715. The van der Waals surface area contributed by atoms with E-state index in [0.717, 1.165) is 73.7 Å². The summed E-state index contributed by atoms with van der Waals surface area (Å²) in [6, 6.07) is 29.1. The molecule has 12 heteroatoms. The van der Waals surface area contributed by atoms with Gasteiger partial charge in [0.05, 0.1) is 44.5 Å². The van der Waals surface area contributed by atoms with Crippen LogP contribution in [0.2, 0.25) is 0 Å². The highest BCUT2D eigenvalue weighted by Crippen LogP contribution is 2.29. The molecule has 0 atom stereocenters. The number of pyridine rings is 2. The summed E-state index contributed by atoms with van der Waals surface area (Å²) in [6.45, 7) is 1.07. The Morgan fingerprint density at radius 1 is 0.759 bits per heavy atom. The number of rotatable bonds is 9. The molecule has 0 aliphatic carbocycles. The van der Waals surface area contributed by atoms with Crippen molar-refractivity contribution in [3.05, 3.63) is 161 Å². The lowest BCUT2D eigenvalue weighted by molar-refractivity contribution is 0.112. The zero-order valence-electron chi connectivity index (χ0n) is 32.5. The van der Waals surface area contributed by atoms with Crippen molar-refractivity contribution in [2.75, 3.05) is 21.2 Å². The standard InChI is InChI=1S/C17H13N3O.C12H16N2O.C11H10N2O.C6H5NO/c1-21-14-4-5-15-16(11-20-17(15)8-14)13(9-18)7-12-3-2-6-19-10-12;1-14(2)7-10-6-13-12-5-9(8-15)3-4-11(10)12;12-4-3-9-6-13-11-5-8(7-14)1-2-10(9)11;8-5-6-2-1-3-7-4-6/h2-8,10-11,20H,1H3;3-6,13,15H,7-8H2,1-2H3;1-2,5-6,13-14H,3,7H2;1-5H/b13-7+;;;. The Bertz CT molecular complexity index is 2670. The minimum Gasteiger partial charge on any atom is -0.497 e. The fraction of sp³-hybridized carbons (Fsp3) is 0.152. The third-order valence-electron chi connectivity index (χ3n) is 8.90. The monoisotopic (exact) mass is 772 g/mol. The molecule has 0 bridgehead atoms. The number of hydrogen-bond donors (Lipinski definition) is 5. The third-order valence-corrected chi connectivity index (χ3v) is 8.90. The fourth-order valence-corrected chi connectivity index (χ4v) is 6.07. The largest absolute Gasteiger partial charge is 0.497 e. The molecule has 58 heavy (non-hydrogen) atoms. The minimum absolute atomic E-state index is 0.0442. The summed E-state index contributed by atoms with van der Waals surface area (Å²) in [5.74, 6) is 0.783. The van der Waals surface area contributed by atoms with Gasteiger partial charge in [0, 0.05) is 99.8 Å². The number of aromatic nitrogens is 5. The molecule has 5 heterocycles. The van der Waals surface area contributed by atoms with Crippen molar-refractivity contribution in [1.82, 2.24) is 29.8 Å². The predicted octanol–water partition coefficient (Wildman–Crippen LogP) is 7.98. The Morgan fingerprint density at radius 2 is 1.33 bits per heavy atom. The molecule has 292 valence electrons. The summed E-state index contributed by atoms with van der Waals surface area (Å²) < 4.78 is 5.21. The molecule has 5 aromatic heterocycles. The first-order valence-corrected chi connectivity index (χ1v) is 18.2. The number of aliphatic hydroxyl groups excluding tert-OH is 2. The molecular weight excluding hydrogens is 729 g/mol. The van der Waals surface area contributed by atoms with E-state index in [4.69, 9.17) is 20.2 Å². The summed E-state index contributed by atoms with van der Waals surface area (Å²) in [4.78, 5) is 29.4.